The van der Waals surface area contributed by atoms with E-state index in [4.69, 9.17) is 27.9 Å². The smallest absolute Gasteiger partial charge is 0 e. The predicted molar refractivity (Wildman–Crippen MR) is 35.1 cm³/mol. The fourth-order valence-corrected chi connectivity index (χ4v) is 0. The van der Waals surface area contributed by atoms with Gasteiger partial charge in [-0.3, -0.25) is 0 Å². The average Bonchev–Trinajstić information content (AvgIpc) is 2.33. The van der Waals surface area contributed by atoms with Crippen LogP contribution in [0.15, 0.2) is 0 Å². The van der Waals surface area contributed by atoms with E-state index in [9.17, 15) is 0 Å². The van der Waals surface area contributed by atoms with Crippen LogP contribution in [0.1, 0.15) is 0 Å². The molecule has 0 bridgehead atoms. The van der Waals surface area contributed by atoms with Crippen molar-refractivity contribution in [3.63, 3.8) is 0 Å². The quantitative estimate of drug-likeness (QED) is 0.154. The minimum Gasteiger partial charge on any atom is 0 e. The summed E-state index contributed by atoms with van der Waals surface area (Å²) < 4.78 is 45.0. The minimum absolute atomic E-state index is 0. The fourth-order valence-electron chi connectivity index (χ4n) is 0. The monoisotopic (exact) mass is 586 g/mol. The molecule has 0 aliphatic rings. The van der Waals surface area contributed by atoms with Gasteiger partial charge in [0.1, 0.15) is 0 Å². The average molecular weight is 581 g/mol. The molecule has 0 aliphatic heterocycles. The molecule has 18 heavy (non-hydrogen) atoms. The third-order valence-corrected chi connectivity index (χ3v) is 0. The van der Waals surface area contributed by atoms with E-state index in [-0.39, 0.29) is 141 Å². The van der Waals surface area contributed by atoms with Crippen LogP contribution in [0.3, 0.4) is 0 Å². The topological polar surface area (TPSA) is 119 Å². The van der Waals surface area contributed by atoms with E-state index >= 15 is 0 Å². The summed E-state index contributed by atoms with van der Waals surface area (Å²) in [4.78, 5) is 0. The van der Waals surface area contributed by atoms with Gasteiger partial charge < -0.3 is 0 Å². The molecule has 12 heteroatoms. The van der Waals surface area contributed by atoms with Crippen LogP contribution in [0.4, 0.5) is 0 Å². The summed E-state index contributed by atoms with van der Waals surface area (Å²) in [5, 5.41) is 0. The molecule has 0 saturated carbocycles. The molecule has 0 aliphatic carbocycles. The Kier molecular flexibility index (Phi) is 4470. The Labute approximate surface area is 205 Å². The van der Waals surface area contributed by atoms with Gasteiger partial charge in [0.25, 0.3) is 0 Å². The molecule has 0 fully saturated rings. The van der Waals surface area contributed by atoms with E-state index in [0.29, 0.717) is 0 Å². The van der Waals surface area contributed by atoms with Gasteiger partial charge in [-0.2, -0.15) is 0 Å². The van der Waals surface area contributed by atoms with Crippen LogP contribution in [0, 0.1) is 39.9 Å². The second-order valence-corrected chi connectivity index (χ2v) is 0. The van der Waals surface area contributed by atoms with Crippen molar-refractivity contribution in [2.24, 2.45) is 0 Å². The molecule has 0 aromatic carbocycles. The molecular formula is C6Fe2Na2O6Te2+2. The molecule has 0 rings (SSSR count). The summed E-state index contributed by atoms with van der Waals surface area (Å²) in [6.07, 6.45) is 0. The van der Waals surface area contributed by atoms with Crippen LogP contribution in [-0.4, -0.2) is 47.3 Å². The summed E-state index contributed by atoms with van der Waals surface area (Å²) >= 11 is 0. The van der Waals surface area contributed by atoms with Crippen molar-refractivity contribution in [3.05, 3.63) is 39.9 Å². The zero-order chi connectivity index (χ0) is 12.0. The second kappa shape index (κ2) is 779. The largest absolute Gasteiger partial charge is 1.00 e. The summed E-state index contributed by atoms with van der Waals surface area (Å²) in [7, 11) is 0. The van der Waals surface area contributed by atoms with Gasteiger partial charge in [-0.25, -0.2) is 0 Å². The number of hydrogen-bond acceptors (Lipinski definition) is 0. The molecular weight excluding hydrogens is 581 g/mol. The third kappa shape index (κ3) is 665. The normalized spacial score (nSPS) is 0.667. The van der Waals surface area contributed by atoms with Crippen LogP contribution in [0.2, 0.25) is 0 Å². The maximum Gasteiger partial charge on any atom is 1.00 e. The SMILES string of the molecule is [C-]#[O+].[C-]#[O+].[C-]#[O+].[C-]#[O+].[C-]#[O+].[C-]#[O+].[Fe].[Fe].[Na+].[Na+].[Te].[Te]. The zero-order valence-corrected chi connectivity index (χ0v) is 19.8. The van der Waals surface area contributed by atoms with E-state index in [1.807, 2.05) is 0 Å². The first kappa shape index (κ1) is 103. The maximum absolute atomic E-state index is 7.50. The molecule has 0 aromatic heterocycles. The molecule has 0 amide bonds. The van der Waals surface area contributed by atoms with Crippen molar-refractivity contribution < 1.29 is 121 Å². The molecule has 0 aromatic rings. The van der Waals surface area contributed by atoms with Gasteiger partial charge in [0, 0.05) is 81.5 Å². The molecule has 0 N–H and O–H groups in total. The van der Waals surface area contributed by atoms with Gasteiger partial charge in [0.2, 0.25) is 0 Å². The Hall–Kier alpha value is 3.06. The first-order chi connectivity index (χ1) is 6.00. The van der Waals surface area contributed by atoms with Crippen molar-refractivity contribution in [2.75, 3.05) is 0 Å². The summed E-state index contributed by atoms with van der Waals surface area (Å²) in [6.45, 7) is 27.0. The standard InChI is InChI=1S/6CO.2Fe.2Na.2Te/c6*1-2;;;;;;/q;;;;;;;;2*+1;;. The van der Waals surface area contributed by atoms with Gasteiger partial charge in [0.15, 0.2) is 0 Å². The summed E-state index contributed by atoms with van der Waals surface area (Å²) in [5.41, 5.74) is 0. The first-order valence-electron chi connectivity index (χ1n) is 1.22. The fraction of sp³-hybridized carbons (Fsp3) is 0. The number of hydrogen-bond donors (Lipinski definition) is 0. The maximum atomic E-state index is 7.50. The van der Waals surface area contributed by atoms with Gasteiger partial charge in [-0.05, 0) is 0 Å². The van der Waals surface area contributed by atoms with Crippen LogP contribution in [0.25, 0.3) is 0 Å². The van der Waals surface area contributed by atoms with Gasteiger partial charge >= 0.3 is 127 Å². The van der Waals surface area contributed by atoms with Crippen molar-refractivity contribution in [3.8, 4) is 0 Å². The van der Waals surface area contributed by atoms with E-state index < -0.39 is 0 Å². The molecule has 0 heterocycles. The van der Waals surface area contributed by atoms with E-state index in [1.165, 1.54) is 0 Å². The van der Waals surface area contributed by atoms with E-state index in [2.05, 4.69) is 39.9 Å². The Morgan fingerprint density at radius 2 is 0.333 bits per heavy atom. The molecule has 4 radical (unpaired) electrons. The molecule has 0 spiro atoms. The van der Waals surface area contributed by atoms with Crippen molar-refractivity contribution in [1.29, 1.82) is 0 Å². The van der Waals surface area contributed by atoms with Crippen molar-refractivity contribution in [2.45, 2.75) is 0 Å². The van der Waals surface area contributed by atoms with Crippen LogP contribution in [-0.2, 0) is 62.1 Å². The summed E-state index contributed by atoms with van der Waals surface area (Å²) in [6, 6.07) is 0. The molecule has 0 unspecified atom stereocenters. The predicted octanol–water partition coefficient (Wildman–Crippen LogP) is -6.98. The molecule has 0 atom stereocenters. The van der Waals surface area contributed by atoms with Crippen molar-refractivity contribution in [1.82, 2.24) is 0 Å². The van der Waals surface area contributed by atoms with Gasteiger partial charge in [0.05, 0.1) is 0 Å². The second-order valence-electron chi connectivity index (χ2n) is 0. The van der Waals surface area contributed by atoms with E-state index in [0.717, 1.165) is 0 Å². The van der Waals surface area contributed by atoms with Gasteiger partial charge in [-0.15, -0.1) is 0 Å². The number of rotatable bonds is 0. The first-order valence-corrected chi connectivity index (χ1v) is 1.22. The molecule has 6 nitrogen and oxygen atoms in total. The Morgan fingerprint density at radius 3 is 0.333 bits per heavy atom. The Bertz CT molecular complexity index is 113. The third-order valence-electron chi connectivity index (χ3n) is 0. The van der Waals surface area contributed by atoms with E-state index in [1.54, 1.807) is 0 Å². The Morgan fingerprint density at radius 1 is 0.333 bits per heavy atom. The van der Waals surface area contributed by atoms with Gasteiger partial charge in [-0.1, -0.05) is 0 Å². The van der Waals surface area contributed by atoms with Crippen LogP contribution >= 0.6 is 0 Å². The molecule has 88 valence electrons. The minimum atomic E-state index is 0. The molecule has 0 saturated heterocycles. The Balaban J connectivity index is -0.00000000225. The zero-order valence-electron chi connectivity index (χ0n) is 8.97. The van der Waals surface area contributed by atoms with Crippen LogP contribution in [0.5, 0.6) is 0 Å². The van der Waals surface area contributed by atoms with Crippen molar-refractivity contribution >= 4 is 47.3 Å². The summed E-state index contributed by atoms with van der Waals surface area (Å²) in [5.74, 6) is 0. The van der Waals surface area contributed by atoms with Crippen LogP contribution < -0.4 is 59.1 Å².